The van der Waals surface area contributed by atoms with Gasteiger partial charge in [-0.05, 0) is 31.2 Å². The molecular formula is C13H18N2O4. The Morgan fingerprint density at radius 2 is 2.16 bits per heavy atom. The van der Waals surface area contributed by atoms with Crippen molar-refractivity contribution in [2.45, 2.75) is 13.3 Å². The van der Waals surface area contributed by atoms with E-state index < -0.39 is 5.97 Å². The number of rotatable bonds is 6. The molecule has 6 nitrogen and oxygen atoms in total. The second-order valence-electron chi connectivity index (χ2n) is 4.19. The number of carboxylic acid groups (broad SMARTS) is 1. The Labute approximate surface area is 111 Å². The number of amides is 1. The lowest BCUT2D eigenvalue weighted by Gasteiger charge is -2.14. The summed E-state index contributed by atoms with van der Waals surface area (Å²) < 4.78 is 5.09. The molecule has 0 aromatic heterocycles. The molecule has 19 heavy (non-hydrogen) atoms. The summed E-state index contributed by atoms with van der Waals surface area (Å²) in [7, 11) is 1.45. The molecule has 1 amide bonds. The van der Waals surface area contributed by atoms with Gasteiger partial charge < -0.3 is 20.9 Å². The summed E-state index contributed by atoms with van der Waals surface area (Å²) in [6.45, 7) is 2.18. The van der Waals surface area contributed by atoms with Crippen molar-refractivity contribution in [2.75, 3.05) is 19.0 Å². The Hall–Kier alpha value is -2.08. The van der Waals surface area contributed by atoms with E-state index in [4.69, 9.17) is 15.6 Å². The lowest BCUT2D eigenvalue weighted by Crippen LogP contribution is -2.23. The monoisotopic (exact) mass is 266 g/mol. The van der Waals surface area contributed by atoms with Crippen LogP contribution in [-0.4, -0.2) is 30.6 Å². The number of carbonyl (C=O) groups excluding carboxylic acids is 1. The molecule has 1 rings (SSSR count). The highest BCUT2D eigenvalue weighted by atomic mass is 16.5. The molecule has 1 unspecified atom stereocenters. The number of nitrogens with one attached hydrogen (secondary N) is 1. The Bertz CT molecular complexity index is 474. The fourth-order valence-electron chi connectivity index (χ4n) is 1.58. The zero-order chi connectivity index (χ0) is 14.4. The third-order valence-electron chi connectivity index (χ3n) is 2.75. The van der Waals surface area contributed by atoms with Gasteiger partial charge in [0.2, 0.25) is 5.91 Å². The molecule has 0 spiro atoms. The molecule has 1 aromatic rings. The van der Waals surface area contributed by atoms with Crippen LogP contribution in [0.15, 0.2) is 18.2 Å². The topological polar surface area (TPSA) is 102 Å². The smallest absolute Gasteiger partial charge is 0.335 e. The summed E-state index contributed by atoms with van der Waals surface area (Å²) in [6.07, 6.45) is 0.562. The van der Waals surface area contributed by atoms with Crippen LogP contribution in [0.5, 0.6) is 5.75 Å². The molecule has 104 valence electrons. The highest BCUT2D eigenvalue weighted by molar-refractivity contribution is 5.96. The molecule has 1 atom stereocenters. The van der Waals surface area contributed by atoms with Gasteiger partial charge in [0.05, 0.1) is 18.4 Å². The minimum absolute atomic E-state index is 0.0857. The highest BCUT2D eigenvalue weighted by Gasteiger charge is 2.15. The van der Waals surface area contributed by atoms with Gasteiger partial charge in [0.25, 0.3) is 0 Å². The average Bonchev–Trinajstić information content (AvgIpc) is 2.38. The van der Waals surface area contributed by atoms with Crippen molar-refractivity contribution in [1.82, 2.24) is 0 Å². The van der Waals surface area contributed by atoms with Gasteiger partial charge in [-0.15, -0.1) is 0 Å². The zero-order valence-corrected chi connectivity index (χ0v) is 11.0. The lowest BCUT2D eigenvalue weighted by atomic mass is 10.1. The standard InChI is InChI=1S/C13H18N2O4/c1-8(5-6-14)12(16)15-10-7-9(13(17)18)3-4-11(10)19-2/h3-4,7-8H,5-6,14H2,1-2H3,(H,15,16)(H,17,18). The van der Waals surface area contributed by atoms with E-state index in [0.717, 1.165) is 0 Å². The van der Waals surface area contributed by atoms with Gasteiger partial charge in [-0.2, -0.15) is 0 Å². The van der Waals surface area contributed by atoms with Crippen LogP contribution in [0.25, 0.3) is 0 Å². The number of aromatic carboxylic acids is 1. The average molecular weight is 266 g/mol. The Morgan fingerprint density at radius 3 is 2.68 bits per heavy atom. The van der Waals surface area contributed by atoms with E-state index in [1.165, 1.54) is 25.3 Å². The van der Waals surface area contributed by atoms with E-state index in [9.17, 15) is 9.59 Å². The van der Waals surface area contributed by atoms with Crippen molar-refractivity contribution in [3.63, 3.8) is 0 Å². The lowest BCUT2D eigenvalue weighted by molar-refractivity contribution is -0.119. The minimum atomic E-state index is -1.06. The fourth-order valence-corrected chi connectivity index (χ4v) is 1.58. The summed E-state index contributed by atoms with van der Waals surface area (Å²) in [4.78, 5) is 22.8. The van der Waals surface area contributed by atoms with Crippen molar-refractivity contribution in [2.24, 2.45) is 11.7 Å². The number of methoxy groups -OCH3 is 1. The van der Waals surface area contributed by atoms with Crippen molar-refractivity contribution < 1.29 is 19.4 Å². The van der Waals surface area contributed by atoms with Crippen molar-refractivity contribution in [3.05, 3.63) is 23.8 Å². The van der Waals surface area contributed by atoms with E-state index in [-0.39, 0.29) is 17.4 Å². The van der Waals surface area contributed by atoms with Crippen LogP contribution in [-0.2, 0) is 4.79 Å². The van der Waals surface area contributed by atoms with Gasteiger partial charge in [0, 0.05) is 5.92 Å². The summed E-state index contributed by atoms with van der Waals surface area (Å²) in [6, 6.07) is 4.29. The molecule has 0 fully saturated rings. The van der Waals surface area contributed by atoms with Crippen LogP contribution in [0.4, 0.5) is 5.69 Å². The van der Waals surface area contributed by atoms with Crippen LogP contribution in [0.2, 0.25) is 0 Å². The van der Waals surface area contributed by atoms with E-state index in [0.29, 0.717) is 24.4 Å². The van der Waals surface area contributed by atoms with Crippen LogP contribution in [0, 0.1) is 5.92 Å². The molecule has 0 aliphatic carbocycles. The first kappa shape index (κ1) is 15.0. The van der Waals surface area contributed by atoms with E-state index in [2.05, 4.69) is 5.32 Å². The number of hydrogen-bond donors (Lipinski definition) is 3. The Balaban J connectivity index is 2.94. The molecule has 0 heterocycles. The number of anilines is 1. The molecule has 6 heteroatoms. The second-order valence-corrected chi connectivity index (χ2v) is 4.19. The van der Waals surface area contributed by atoms with Gasteiger partial charge in [0.15, 0.2) is 0 Å². The van der Waals surface area contributed by atoms with E-state index >= 15 is 0 Å². The van der Waals surface area contributed by atoms with Crippen LogP contribution >= 0.6 is 0 Å². The first-order valence-corrected chi connectivity index (χ1v) is 5.91. The number of nitrogens with two attached hydrogens (primary N) is 1. The Morgan fingerprint density at radius 1 is 1.47 bits per heavy atom. The molecule has 1 aromatic carbocycles. The zero-order valence-electron chi connectivity index (χ0n) is 11.0. The molecule has 0 radical (unpaired) electrons. The second kappa shape index (κ2) is 6.75. The maximum Gasteiger partial charge on any atom is 0.335 e. The summed E-state index contributed by atoms with van der Waals surface area (Å²) in [5.41, 5.74) is 5.83. The van der Waals surface area contributed by atoms with Crippen molar-refractivity contribution >= 4 is 17.6 Å². The largest absolute Gasteiger partial charge is 0.495 e. The molecule has 0 aliphatic heterocycles. The molecule has 0 aliphatic rings. The van der Waals surface area contributed by atoms with Gasteiger partial charge >= 0.3 is 5.97 Å². The summed E-state index contributed by atoms with van der Waals surface area (Å²) in [5, 5.41) is 11.6. The predicted molar refractivity (Wildman–Crippen MR) is 71.4 cm³/mol. The summed E-state index contributed by atoms with van der Waals surface area (Å²) in [5.74, 6) is -1.11. The third kappa shape index (κ3) is 3.96. The maximum atomic E-state index is 11.9. The Kier molecular flexibility index (Phi) is 5.32. The predicted octanol–water partition coefficient (Wildman–Crippen LogP) is 1.32. The first-order valence-electron chi connectivity index (χ1n) is 5.91. The number of hydrogen-bond acceptors (Lipinski definition) is 4. The SMILES string of the molecule is COc1ccc(C(=O)O)cc1NC(=O)C(C)CCN. The first-order chi connectivity index (χ1) is 8.99. The van der Waals surface area contributed by atoms with Gasteiger partial charge in [-0.25, -0.2) is 4.79 Å². The van der Waals surface area contributed by atoms with Crippen LogP contribution < -0.4 is 15.8 Å². The van der Waals surface area contributed by atoms with Gasteiger partial charge in [-0.1, -0.05) is 6.92 Å². The minimum Gasteiger partial charge on any atom is -0.495 e. The molecule has 0 bridgehead atoms. The maximum absolute atomic E-state index is 11.9. The fraction of sp³-hybridized carbons (Fsp3) is 0.385. The molecule has 0 saturated carbocycles. The van der Waals surface area contributed by atoms with Crippen LogP contribution in [0.1, 0.15) is 23.7 Å². The van der Waals surface area contributed by atoms with Crippen LogP contribution in [0.3, 0.4) is 0 Å². The highest BCUT2D eigenvalue weighted by Crippen LogP contribution is 2.26. The van der Waals surface area contributed by atoms with Crippen molar-refractivity contribution in [1.29, 1.82) is 0 Å². The van der Waals surface area contributed by atoms with Crippen molar-refractivity contribution in [3.8, 4) is 5.75 Å². The number of carbonyl (C=O) groups is 2. The third-order valence-corrected chi connectivity index (χ3v) is 2.75. The number of carboxylic acids is 1. The summed E-state index contributed by atoms with van der Waals surface area (Å²) >= 11 is 0. The van der Waals surface area contributed by atoms with Gasteiger partial charge in [0.1, 0.15) is 5.75 Å². The quantitative estimate of drug-likeness (QED) is 0.720. The molecule has 0 saturated heterocycles. The van der Waals surface area contributed by atoms with Gasteiger partial charge in [-0.3, -0.25) is 4.79 Å². The number of benzene rings is 1. The molecule has 4 N–H and O–H groups in total. The van der Waals surface area contributed by atoms with E-state index in [1.54, 1.807) is 6.92 Å². The number of ether oxygens (including phenoxy) is 1. The molecular weight excluding hydrogens is 248 g/mol. The van der Waals surface area contributed by atoms with E-state index in [1.807, 2.05) is 0 Å². The normalized spacial score (nSPS) is 11.7.